The number of aryl methyl sites for hydroxylation is 1. The number of benzene rings is 2. The normalized spacial score (nSPS) is 16.9. The molecule has 1 atom stereocenters. The van der Waals surface area contributed by atoms with Crippen LogP contribution in [-0.4, -0.2) is 29.5 Å². The number of alkyl halides is 6. The van der Waals surface area contributed by atoms with Gasteiger partial charge in [0.05, 0.1) is 6.42 Å². The minimum absolute atomic E-state index is 0.0108. The Bertz CT molecular complexity index is 913. The van der Waals surface area contributed by atoms with Crippen LogP contribution in [0.2, 0.25) is 0 Å². The van der Waals surface area contributed by atoms with Gasteiger partial charge >= 0.3 is 18.3 Å². The lowest BCUT2D eigenvalue weighted by Crippen LogP contribution is -2.54. The SMILES string of the molecule is O=C(CC1CCc2cc(C(O)(C(F)(F)F)C(F)(F)F)ccc2N1)OCc1ccccc1. The Morgan fingerprint density at radius 1 is 1.03 bits per heavy atom. The fraction of sp³-hybridized carbons (Fsp3) is 0.381. The van der Waals surface area contributed by atoms with E-state index in [0.29, 0.717) is 24.2 Å². The van der Waals surface area contributed by atoms with Gasteiger partial charge < -0.3 is 15.2 Å². The van der Waals surface area contributed by atoms with Crippen molar-refractivity contribution in [1.29, 1.82) is 0 Å². The molecule has 2 aromatic rings. The molecule has 168 valence electrons. The van der Waals surface area contributed by atoms with Gasteiger partial charge in [0.1, 0.15) is 6.61 Å². The van der Waals surface area contributed by atoms with Crippen molar-refractivity contribution >= 4 is 11.7 Å². The first-order chi connectivity index (χ1) is 14.4. The van der Waals surface area contributed by atoms with E-state index in [2.05, 4.69) is 5.32 Å². The van der Waals surface area contributed by atoms with E-state index in [-0.39, 0.29) is 31.1 Å². The van der Waals surface area contributed by atoms with Gasteiger partial charge in [-0.1, -0.05) is 42.5 Å². The second kappa shape index (κ2) is 8.41. The zero-order chi connectivity index (χ0) is 22.9. The van der Waals surface area contributed by atoms with Crippen LogP contribution in [0.4, 0.5) is 32.0 Å². The fourth-order valence-corrected chi connectivity index (χ4v) is 3.43. The van der Waals surface area contributed by atoms with Crippen LogP contribution in [0, 0.1) is 0 Å². The van der Waals surface area contributed by atoms with E-state index >= 15 is 0 Å². The van der Waals surface area contributed by atoms with Gasteiger partial charge in [0.15, 0.2) is 0 Å². The van der Waals surface area contributed by atoms with Crippen molar-refractivity contribution in [2.75, 3.05) is 5.32 Å². The van der Waals surface area contributed by atoms with E-state index in [0.717, 1.165) is 11.6 Å². The van der Waals surface area contributed by atoms with Gasteiger partial charge in [-0.05, 0) is 30.0 Å². The third kappa shape index (κ3) is 4.79. The van der Waals surface area contributed by atoms with Gasteiger partial charge in [-0.15, -0.1) is 0 Å². The Kier molecular flexibility index (Phi) is 6.22. The van der Waals surface area contributed by atoms with E-state index in [9.17, 15) is 36.2 Å². The molecule has 0 spiro atoms. The summed E-state index contributed by atoms with van der Waals surface area (Å²) in [5.41, 5.74) is -4.95. The van der Waals surface area contributed by atoms with Crippen molar-refractivity contribution < 1.29 is 41.0 Å². The van der Waals surface area contributed by atoms with Crippen molar-refractivity contribution in [3.8, 4) is 0 Å². The molecule has 10 heteroatoms. The molecule has 0 fully saturated rings. The summed E-state index contributed by atoms with van der Waals surface area (Å²) in [6.45, 7) is 0.0970. The van der Waals surface area contributed by atoms with E-state index in [4.69, 9.17) is 4.74 Å². The fourth-order valence-electron chi connectivity index (χ4n) is 3.43. The molecule has 3 rings (SSSR count). The Labute approximate surface area is 173 Å². The van der Waals surface area contributed by atoms with Crippen LogP contribution in [0.5, 0.6) is 0 Å². The van der Waals surface area contributed by atoms with Crippen molar-refractivity contribution in [3.05, 3.63) is 65.2 Å². The Morgan fingerprint density at radius 2 is 1.68 bits per heavy atom. The van der Waals surface area contributed by atoms with Gasteiger partial charge in [0, 0.05) is 17.3 Å². The molecular formula is C21H19F6NO3. The van der Waals surface area contributed by atoms with Crippen LogP contribution >= 0.6 is 0 Å². The number of hydrogen-bond donors (Lipinski definition) is 2. The molecule has 0 aliphatic carbocycles. The molecule has 0 amide bonds. The number of anilines is 1. The zero-order valence-corrected chi connectivity index (χ0v) is 16.1. The van der Waals surface area contributed by atoms with Crippen LogP contribution < -0.4 is 5.32 Å². The maximum absolute atomic E-state index is 13.1. The number of nitrogens with one attached hydrogen (secondary N) is 1. The summed E-state index contributed by atoms with van der Waals surface area (Å²) >= 11 is 0. The average Bonchev–Trinajstić information content (AvgIpc) is 2.70. The number of ether oxygens (including phenoxy) is 1. The molecule has 2 N–H and O–H groups in total. The molecule has 31 heavy (non-hydrogen) atoms. The molecule has 1 unspecified atom stereocenters. The largest absolute Gasteiger partial charge is 0.461 e. The maximum atomic E-state index is 13.1. The summed E-state index contributed by atoms with van der Waals surface area (Å²) in [5.74, 6) is -0.482. The first-order valence-corrected chi connectivity index (χ1v) is 9.37. The van der Waals surface area contributed by atoms with Crippen molar-refractivity contribution in [2.24, 2.45) is 0 Å². The number of fused-ring (bicyclic) bond motifs is 1. The minimum atomic E-state index is -5.94. The van der Waals surface area contributed by atoms with Crippen LogP contribution in [0.15, 0.2) is 48.5 Å². The van der Waals surface area contributed by atoms with Crippen LogP contribution in [-0.2, 0) is 28.2 Å². The number of rotatable bonds is 5. The van der Waals surface area contributed by atoms with Gasteiger partial charge in [-0.25, -0.2) is 0 Å². The Morgan fingerprint density at radius 3 is 2.29 bits per heavy atom. The number of hydrogen-bond acceptors (Lipinski definition) is 4. The van der Waals surface area contributed by atoms with Crippen molar-refractivity contribution in [2.45, 2.75) is 49.9 Å². The summed E-state index contributed by atoms with van der Waals surface area (Å²) < 4.78 is 83.7. The molecule has 0 saturated carbocycles. The summed E-state index contributed by atoms with van der Waals surface area (Å²) in [6.07, 6.45) is -11.5. The highest BCUT2D eigenvalue weighted by Gasteiger charge is 2.71. The lowest BCUT2D eigenvalue weighted by Gasteiger charge is -2.34. The van der Waals surface area contributed by atoms with E-state index in [1.807, 2.05) is 6.07 Å². The first kappa shape index (κ1) is 22.9. The first-order valence-electron chi connectivity index (χ1n) is 9.37. The molecule has 0 bridgehead atoms. The lowest BCUT2D eigenvalue weighted by atomic mass is 9.87. The van der Waals surface area contributed by atoms with Crippen LogP contribution in [0.3, 0.4) is 0 Å². The van der Waals surface area contributed by atoms with Crippen LogP contribution in [0.25, 0.3) is 0 Å². The lowest BCUT2D eigenvalue weighted by molar-refractivity contribution is -0.376. The highest BCUT2D eigenvalue weighted by molar-refractivity contribution is 5.71. The van der Waals surface area contributed by atoms with E-state index in [1.54, 1.807) is 24.3 Å². The third-order valence-corrected chi connectivity index (χ3v) is 5.12. The standard InChI is InChI=1S/C21H19F6NO3/c22-20(23,24)19(30,21(25,26)27)15-7-9-17-14(10-15)6-8-16(28-17)11-18(29)31-12-13-4-2-1-3-5-13/h1-5,7,9-10,16,28,30H,6,8,11-12H2. The number of carbonyl (C=O) groups excluding carboxylic acids is 1. The number of carbonyl (C=O) groups is 1. The zero-order valence-electron chi connectivity index (χ0n) is 16.1. The molecule has 1 aliphatic heterocycles. The van der Waals surface area contributed by atoms with E-state index in [1.165, 1.54) is 0 Å². The summed E-state index contributed by atoms with van der Waals surface area (Å²) in [5, 5.41) is 12.5. The quantitative estimate of drug-likeness (QED) is 0.508. The number of aliphatic hydroxyl groups is 1. The maximum Gasteiger partial charge on any atom is 0.430 e. The molecule has 1 aliphatic rings. The molecule has 4 nitrogen and oxygen atoms in total. The Hall–Kier alpha value is -2.75. The van der Waals surface area contributed by atoms with Gasteiger partial charge in [0.2, 0.25) is 0 Å². The van der Waals surface area contributed by atoms with Gasteiger partial charge in [-0.2, -0.15) is 26.3 Å². The van der Waals surface area contributed by atoms with E-state index < -0.39 is 29.5 Å². The molecular weight excluding hydrogens is 428 g/mol. The third-order valence-electron chi connectivity index (χ3n) is 5.12. The number of halogens is 6. The number of esters is 1. The molecule has 1 heterocycles. The summed E-state index contributed by atoms with van der Waals surface area (Å²) in [7, 11) is 0. The molecule has 0 aromatic heterocycles. The summed E-state index contributed by atoms with van der Waals surface area (Å²) in [4.78, 5) is 12.1. The highest BCUT2D eigenvalue weighted by Crippen LogP contribution is 2.50. The van der Waals surface area contributed by atoms with Gasteiger partial charge in [0.25, 0.3) is 5.60 Å². The molecule has 2 aromatic carbocycles. The topological polar surface area (TPSA) is 58.6 Å². The molecule has 0 radical (unpaired) electrons. The van der Waals surface area contributed by atoms with Crippen molar-refractivity contribution in [1.82, 2.24) is 0 Å². The summed E-state index contributed by atoms with van der Waals surface area (Å²) in [6, 6.07) is 11.0. The predicted molar refractivity (Wildman–Crippen MR) is 99.0 cm³/mol. The second-order valence-electron chi connectivity index (χ2n) is 7.31. The predicted octanol–water partition coefficient (Wildman–Crippen LogP) is 4.86. The second-order valence-corrected chi connectivity index (χ2v) is 7.31. The van der Waals surface area contributed by atoms with Gasteiger partial charge in [-0.3, -0.25) is 4.79 Å². The highest BCUT2D eigenvalue weighted by atomic mass is 19.4. The molecule has 0 saturated heterocycles. The average molecular weight is 447 g/mol. The Balaban J connectivity index is 1.68. The van der Waals surface area contributed by atoms with Crippen molar-refractivity contribution in [3.63, 3.8) is 0 Å². The smallest absolute Gasteiger partial charge is 0.430 e. The monoisotopic (exact) mass is 447 g/mol. The minimum Gasteiger partial charge on any atom is -0.461 e. The van der Waals surface area contributed by atoms with Crippen LogP contribution in [0.1, 0.15) is 29.5 Å².